The summed E-state index contributed by atoms with van der Waals surface area (Å²) >= 11 is 1.91. The maximum absolute atomic E-state index is 6.31. The van der Waals surface area contributed by atoms with Gasteiger partial charge in [0.15, 0.2) is 0 Å². The predicted molar refractivity (Wildman–Crippen MR) is 183 cm³/mol. The Bertz CT molecular complexity index is 2840. The summed E-state index contributed by atoms with van der Waals surface area (Å²) in [6.07, 6.45) is 0. The number of thiophene rings is 1. The fraction of sp³-hybridized carbons (Fsp3) is 0. The van der Waals surface area contributed by atoms with Crippen LogP contribution in [0.2, 0.25) is 0 Å². The number of hydrogen-bond acceptors (Lipinski definition) is 2. The Kier molecular flexibility index (Phi) is 3.99. The molecule has 0 aliphatic heterocycles. The lowest BCUT2D eigenvalue weighted by atomic mass is 9.98. The van der Waals surface area contributed by atoms with E-state index in [1.807, 2.05) is 17.4 Å². The van der Waals surface area contributed by atoms with Gasteiger partial charge in [0.05, 0.1) is 16.7 Å². The average Bonchev–Trinajstić information content (AvgIpc) is 3.79. The Morgan fingerprint density at radius 3 is 2.19 bits per heavy atom. The fourth-order valence-corrected chi connectivity index (χ4v) is 9.09. The molecule has 0 radical (unpaired) electrons. The van der Waals surface area contributed by atoms with E-state index in [-0.39, 0.29) is 0 Å². The van der Waals surface area contributed by atoms with Crippen molar-refractivity contribution in [1.29, 1.82) is 0 Å². The smallest absolute Gasteiger partial charge is 0.136 e. The Morgan fingerprint density at radius 2 is 1.23 bits per heavy atom. The van der Waals surface area contributed by atoms with Crippen LogP contribution in [0.5, 0.6) is 0 Å². The lowest BCUT2D eigenvalue weighted by molar-refractivity contribution is 0.669. The molecule has 0 amide bonds. The van der Waals surface area contributed by atoms with Crippen molar-refractivity contribution >= 4 is 86.0 Å². The highest BCUT2D eigenvalue weighted by atomic mass is 32.1. The van der Waals surface area contributed by atoms with Crippen molar-refractivity contribution in [2.45, 2.75) is 0 Å². The zero-order valence-corrected chi connectivity index (χ0v) is 23.7. The second kappa shape index (κ2) is 7.71. The molecule has 0 N–H and O–H groups in total. The van der Waals surface area contributed by atoms with Crippen LogP contribution in [-0.2, 0) is 0 Å². The Balaban J connectivity index is 1.27. The van der Waals surface area contributed by atoms with Gasteiger partial charge in [0.25, 0.3) is 0 Å². The van der Waals surface area contributed by atoms with Gasteiger partial charge < -0.3 is 8.98 Å². The molecule has 0 fully saturated rings. The molecular formula is C40H21NOS. The molecular weight excluding hydrogens is 543 g/mol. The summed E-state index contributed by atoms with van der Waals surface area (Å²) < 4.78 is 11.5. The second-order valence-electron chi connectivity index (χ2n) is 11.6. The molecule has 1 aliphatic rings. The number of rotatable bonds is 1. The van der Waals surface area contributed by atoms with E-state index in [0.29, 0.717) is 0 Å². The number of para-hydroxylation sites is 2. The molecule has 7 aromatic carbocycles. The summed E-state index contributed by atoms with van der Waals surface area (Å²) in [6.45, 7) is 0. The first-order valence-corrected chi connectivity index (χ1v) is 15.5. The van der Waals surface area contributed by atoms with Crippen LogP contribution in [0.3, 0.4) is 0 Å². The van der Waals surface area contributed by atoms with Gasteiger partial charge in [0.2, 0.25) is 0 Å². The Labute approximate surface area is 249 Å². The molecule has 3 heterocycles. The first kappa shape index (κ1) is 22.2. The Morgan fingerprint density at radius 1 is 0.442 bits per heavy atom. The molecule has 3 heteroatoms. The van der Waals surface area contributed by atoms with Crippen molar-refractivity contribution in [3.63, 3.8) is 0 Å². The van der Waals surface area contributed by atoms with Crippen LogP contribution in [-0.4, -0.2) is 4.57 Å². The van der Waals surface area contributed by atoms with E-state index in [1.54, 1.807) is 0 Å². The molecule has 0 atom stereocenters. The van der Waals surface area contributed by atoms with E-state index < -0.39 is 0 Å². The van der Waals surface area contributed by atoms with Gasteiger partial charge in [0.1, 0.15) is 11.2 Å². The van der Waals surface area contributed by atoms with Crippen LogP contribution in [0, 0.1) is 0 Å². The molecule has 0 spiro atoms. The number of fused-ring (bicyclic) bond motifs is 14. The fourth-order valence-electron chi connectivity index (χ4n) is 7.83. The van der Waals surface area contributed by atoms with E-state index in [0.717, 1.165) is 11.2 Å². The monoisotopic (exact) mass is 563 g/mol. The first-order valence-electron chi connectivity index (χ1n) is 14.7. The van der Waals surface area contributed by atoms with Gasteiger partial charge in [-0.2, -0.15) is 0 Å². The van der Waals surface area contributed by atoms with Gasteiger partial charge in [-0.05, 0) is 64.5 Å². The van der Waals surface area contributed by atoms with Crippen molar-refractivity contribution in [1.82, 2.24) is 4.57 Å². The van der Waals surface area contributed by atoms with Gasteiger partial charge >= 0.3 is 0 Å². The lowest BCUT2D eigenvalue weighted by Gasteiger charge is -2.13. The number of benzene rings is 7. The van der Waals surface area contributed by atoms with E-state index in [9.17, 15) is 0 Å². The molecule has 10 aromatic rings. The van der Waals surface area contributed by atoms with Crippen LogP contribution in [0.15, 0.2) is 132 Å². The SMILES string of the molecule is c1ccc2c(c1)oc1ccc3c(c12)-c1ccc(-n2c4ccccc4c4c5sc6ccccc6c5ccc42)c2cccc-3c12. The molecule has 0 saturated heterocycles. The van der Waals surface area contributed by atoms with E-state index in [1.165, 1.54) is 91.5 Å². The second-order valence-corrected chi connectivity index (χ2v) is 12.7. The number of aromatic nitrogens is 1. The van der Waals surface area contributed by atoms with Crippen molar-refractivity contribution < 1.29 is 4.42 Å². The summed E-state index contributed by atoms with van der Waals surface area (Å²) in [5.74, 6) is 0. The predicted octanol–water partition coefficient (Wildman–Crippen LogP) is 11.9. The summed E-state index contributed by atoms with van der Waals surface area (Å²) in [5.41, 5.74) is 10.7. The van der Waals surface area contributed by atoms with Crippen molar-refractivity contribution in [3.05, 3.63) is 127 Å². The molecule has 198 valence electrons. The van der Waals surface area contributed by atoms with Crippen LogP contribution in [0.25, 0.3) is 103 Å². The summed E-state index contributed by atoms with van der Waals surface area (Å²) in [7, 11) is 0. The van der Waals surface area contributed by atoms with Crippen molar-refractivity contribution in [3.8, 4) is 27.9 Å². The average molecular weight is 564 g/mol. The van der Waals surface area contributed by atoms with E-state index >= 15 is 0 Å². The van der Waals surface area contributed by atoms with Crippen LogP contribution in [0.1, 0.15) is 0 Å². The van der Waals surface area contributed by atoms with Crippen LogP contribution >= 0.6 is 11.3 Å². The number of hydrogen-bond donors (Lipinski definition) is 0. The highest BCUT2D eigenvalue weighted by molar-refractivity contribution is 7.26. The largest absolute Gasteiger partial charge is 0.456 e. The van der Waals surface area contributed by atoms with E-state index in [4.69, 9.17) is 4.42 Å². The van der Waals surface area contributed by atoms with E-state index in [2.05, 4.69) is 126 Å². The lowest BCUT2D eigenvalue weighted by Crippen LogP contribution is -1.95. The van der Waals surface area contributed by atoms with Crippen molar-refractivity contribution in [2.24, 2.45) is 0 Å². The van der Waals surface area contributed by atoms with Crippen LogP contribution < -0.4 is 0 Å². The molecule has 3 aromatic heterocycles. The third-order valence-corrected chi connectivity index (χ3v) is 10.7. The summed E-state index contributed by atoms with van der Waals surface area (Å²) in [4.78, 5) is 0. The molecule has 0 bridgehead atoms. The third-order valence-electron chi connectivity index (χ3n) is 9.54. The standard InChI is InChI=1S/C40H21NOS/c1-4-13-30-27(9-1)38-32(20-16-25-22-8-3-6-15-35(22)43-40(25)38)41(30)31-19-17-29-36-23(11-7-12-26(31)36)24-18-21-34-39(37(24)29)28-10-2-5-14-33(28)42-34/h1-21H. The zero-order valence-electron chi connectivity index (χ0n) is 22.9. The van der Waals surface area contributed by atoms with Crippen molar-refractivity contribution in [2.75, 3.05) is 0 Å². The maximum Gasteiger partial charge on any atom is 0.136 e. The third kappa shape index (κ3) is 2.65. The minimum absolute atomic E-state index is 0.938. The molecule has 11 rings (SSSR count). The highest BCUT2D eigenvalue weighted by Crippen LogP contribution is 2.53. The minimum atomic E-state index is 0.938. The van der Waals surface area contributed by atoms with Gasteiger partial charge in [-0.1, -0.05) is 84.9 Å². The topological polar surface area (TPSA) is 18.1 Å². The Hall–Kier alpha value is -5.38. The summed E-state index contributed by atoms with van der Waals surface area (Å²) in [5, 5.41) is 10.3. The van der Waals surface area contributed by atoms with Gasteiger partial charge in [0, 0.05) is 52.7 Å². The molecule has 0 unspecified atom stereocenters. The molecule has 2 nitrogen and oxygen atoms in total. The minimum Gasteiger partial charge on any atom is -0.456 e. The normalized spacial score (nSPS) is 12.7. The first-order chi connectivity index (χ1) is 21.3. The summed E-state index contributed by atoms with van der Waals surface area (Å²) in [6, 6.07) is 46.6. The molecule has 43 heavy (non-hydrogen) atoms. The highest BCUT2D eigenvalue weighted by Gasteiger charge is 2.27. The maximum atomic E-state index is 6.31. The van der Waals surface area contributed by atoms with Gasteiger partial charge in [-0.3, -0.25) is 0 Å². The van der Waals surface area contributed by atoms with Crippen LogP contribution in [0.4, 0.5) is 0 Å². The quantitative estimate of drug-likeness (QED) is 0.194. The molecule has 1 aliphatic carbocycles. The number of nitrogens with zero attached hydrogens (tertiary/aromatic N) is 1. The van der Waals surface area contributed by atoms with Gasteiger partial charge in [-0.15, -0.1) is 11.3 Å². The molecule has 0 saturated carbocycles. The van der Waals surface area contributed by atoms with Gasteiger partial charge in [-0.25, -0.2) is 0 Å². The number of furan rings is 1. The zero-order chi connectivity index (χ0) is 27.8.